The van der Waals surface area contributed by atoms with Crippen LogP contribution in [0.4, 0.5) is 0 Å². The summed E-state index contributed by atoms with van der Waals surface area (Å²) in [6.45, 7) is 2.60. The van der Waals surface area contributed by atoms with Gasteiger partial charge in [-0.1, -0.05) is 119 Å². The van der Waals surface area contributed by atoms with Gasteiger partial charge in [-0.3, -0.25) is 0 Å². The standard InChI is InChI=1S/C26H43N3O2/c1-2-3-4-5-6-7-8-9-10-11-12-13-17-20-26(21-25(22-30)28-29-27)31-23-24-18-15-14-16-19-24/h14-20,25-26,30H,2-13,21-23H2,1H3/b20-17+/t25?,26-/m1/s1. The highest BCUT2D eigenvalue weighted by molar-refractivity contribution is 5.13. The Hall–Kier alpha value is -1.81. The second-order valence-corrected chi connectivity index (χ2v) is 8.36. The molecule has 1 rings (SSSR count). The Labute approximate surface area is 189 Å². The van der Waals surface area contributed by atoms with E-state index in [4.69, 9.17) is 10.3 Å². The van der Waals surface area contributed by atoms with E-state index in [2.05, 4.69) is 29.1 Å². The molecule has 5 heteroatoms. The number of hydrogen-bond acceptors (Lipinski definition) is 3. The monoisotopic (exact) mass is 429 g/mol. The molecule has 0 aliphatic carbocycles. The summed E-state index contributed by atoms with van der Waals surface area (Å²) in [6, 6.07) is 9.57. The molecular formula is C26H43N3O2. The molecule has 0 bridgehead atoms. The molecule has 5 nitrogen and oxygen atoms in total. The van der Waals surface area contributed by atoms with Gasteiger partial charge in [-0.2, -0.15) is 0 Å². The van der Waals surface area contributed by atoms with Gasteiger partial charge in [0.15, 0.2) is 0 Å². The predicted molar refractivity (Wildman–Crippen MR) is 130 cm³/mol. The van der Waals surface area contributed by atoms with Crippen LogP contribution in [0.15, 0.2) is 47.6 Å². The van der Waals surface area contributed by atoms with Gasteiger partial charge in [-0.25, -0.2) is 0 Å². The Morgan fingerprint density at radius 2 is 1.58 bits per heavy atom. The maximum Gasteiger partial charge on any atom is 0.0765 e. The number of azide groups is 1. The van der Waals surface area contributed by atoms with Crippen LogP contribution in [0, 0.1) is 0 Å². The molecule has 0 aliphatic heterocycles. The minimum absolute atomic E-state index is 0.165. The molecule has 0 aromatic heterocycles. The average Bonchev–Trinajstić information content (AvgIpc) is 2.80. The van der Waals surface area contributed by atoms with E-state index in [9.17, 15) is 5.11 Å². The summed E-state index contributed by atoms with van der Waals surface area (Å²) in [7, 11) is 0. The summed E-state index contributed by atoms with van der Waals surface area (Å²) < 4.78 is 6.03. The zero-order valence-electron chi connectivity index (χ0n) is 19.5. The number of unbranched alkanes of at least 4 members (excludes halogenated alkanes) is 11. The summed E-state index contributed by atoms with van der Waals surface area (Å²) in [4.78, 5) is 2.83. The molecule has 1 aromatic rings. The zero-order chi connectivity index (χ0) is 22.4. The molecule has 0 amide bonds. The second-order valence-electron chi connectivity index (χ2n) is 8.36. The maximum atomic E-state index is 9.43. The van der Waals surface area contributed by atoms with Crippen LogP contribution in [0.1, 0.15) is 96.0 Å². The Morgan fingerprint density at radius 1 is 0.968 bits per heavy atom. The lowest BCUT2D eigenvalue weighted by Gasteiger charge is -2.17. The molecule has 31 heavy (non-hydrogen) atoms. The van der Waals surface area contributed by atoms with Crippen molar-refractivity contribution in [3.63, 3.8) is 0 Å². The van der Waals surface area contributed by atoms with Crippen molar-refractivity contribution >= 4 is 0 Å². The summed E-state index contributed by atoms with van der Waals surface area (Å²) in [6.07, 6.45) is 20.4. The van der Waals surface area contributed by atoms with Gasteiger partial charge in [0.05, 0.1) is 25.4 Å². The highest BCUT2D eigenvalue weighted by Crippen LogP contribution is 2.14. The third kappa shape index (κ3) is 15.6. The van der Waals surface area contributed by atoms with Crippen LogP contribution in [0.5, 0.6) is 0 Å². The fourth-order valence-electron chi connectivity index (χ4n) is 3.65. The van der Waals surface area contributed by atoms with Gasteiger partial charge < -0.3 is 9.84 Å². The first kappa shape index (κ1) is 27.2. The molecule has 1 aromatic carbocycles. The van der Waals surface area contributed by atoms with Crippen molar-refractivity contribution < 1.29 is 9.84 Å². The maximum absolute atomic E-state index is 9.43. The van der Waals surface area contributed by atoms with E-state index in [1.165, 1.54) is 70.6 Å². The van der Waals surface area contributed by atoms with Gasteiger partial charge in [-0.15, -0.1) is 0 Å². The Bertz CT molecular complexity index is 600. The first-order valence-corrected chi connectivity index (χ1v) is 12.3. The molecule has 1 N–H and O–H groups in total. The lowest BCUT2D eigenvalue weighted by Crippen LogP contribution is -2.20. The van der Waals surface area contributed by atoms with E-state index in [1.807, 2.05) is 30.3 Å². The number of allylic oxidation sites excluding steroid dienone is 1. The summed E-state index contributed by atoms with van der Waals surface area (Å²) in [5.41, 5.74) is 9.78. The minimum atomic E-state index is -0.461. The Balaban J connectivity index is 2.24. The molecule has 0 heterocycles. The predicted octanol–water partition coefficient (Wildman–Crippen LogP) is 7.89. The zero-order valence-corrected chi connectivity index (χ0v) is 19.5. The van der Waals surface area contributed by atoms with Crippen LogP contribution in [0.2, 0.25) is 0 Å². The van der Waals surface area contributed by atoms with E-state index in [0.717, 1.165) is 12.0 Å². The van der Waals surface area contributed by atoms with E-state index >= 15 is 0 Å². The smallest absolute Gasteiger partial charge is 0.0765 e. The average molecular weight is 430 g/mol. The third-order valence-electron chi connectivity index (χ3n) is 5.56. The van der Waals surface area contributed by atoms with E-state index in [-0.39, 0.29) is 12.7 Å². The molecule has 0 fully saturated rings. The van der Waals surface area contributed by atoms with Crippen molar-refractivity contribution in [3.8, 4) is 0 Å². The lowest BCUT2D eigenvalue weighted by molar-refractivity contribution is 0.0570. The quantitative estimate of drug-likeness (QED) is 0.0751. The van der Waals surface area contributed by atoms with Crippen molar-refractivity contribution in [3.05, 3.63) is 58.5 Å². The van der Waals surface area contributed by atoms with Gasteiger partial charge in [-0.05, 0) is 30.4 Å². The SMILES string of the molecule is CCCCCCCCCCCCC/C=C/[C@H](CC(CO)N=[N+]=[N-])OCc1ccccc1. The number of benzene rings is 1. The van der Waals surface area contributed by atoms with Crippen molar-refractivity contribution in [2.24, 2.45) is 5.11 Å². The highest BCUT2D eigenvalue weighted by atomic mass is 16.5. The van der Waals surface area contributed by atoms with Crippen molar-refractivity contribution in [1.29, 1.82) is 0 Å². The van der Waals surface area contributed by atoms with Gasteiger partial charge >= 0.3 is 0 Å². The number of hydrogen-bond donors (Lipinski definition) is 1. The summed E-state index contributed by atoms with van der Waals surface area (Å²) >= 11 is 0. The van der Waals surface area contributed by atoms with Crippen LogP contribution in [0.3, 0.4) is 0 Å². The number of nitrogens with zero attached hydrogens (tertiary/aromatic N) is 3. The van der Waals surface area contributed by atoms with Crippen LogP contribution in [-0.2, 0) is 11.3 Å². The van der Waals surface area contributed by atoms with E-state index in [0.29, 0.717) is 13.0 Å². The molecular weight excluding hydrogens is 386 g/mol. The molecule has 174 valence electrons. The molecule has 0 spiro atoms. The van der Waals surface area contributed by atoms with Gasteiger partial charge in [0.2, 0.25) is 0 Å². The molecule has 1 unspecified atom stereocenters. The first-order valence-electron chi connectivity index (χ1n) is 12.3. The fraction of sp³-hybridized carbons (Fsp3) is 0.692. The lowest BCUT2D eigenvalue weighted by atomic mass is 10.0. The van der Waals surface area contributed by atoms with Crippen LogP contribution < -0.4 is 0 Å². The van der Waals surface area contributed by atoms with Gasteiger partial charge in [0.25, 0.3) is 0 Å². The number of aliphatic hydroxyl groups excluding tert-OH is 1. The van der Waals surface area contributed by atoms with Crippen molar-refractivity contribution in [1.82, 2.24) is 0 Å². The van der Waals surface area contributed by atoms with Crippen LogP contribution in [0.25, 0.3) is 10.4 Å². The normalized spacial score (nSPS) is 13.2. The number of rotatable bonds is 20. The topological polar surface area (TPSA) is 78.2 Å². The van der Waals surface area contributed by atoms with Gasteiger partial charge in [0, 0.05) is 4.91 Å². The number of ether oxygens (including phenoxy) is 1. The van der Waals surface area contributed by atoms with E-state index < -0.39 is 6.04 Å². The largest absolute Gasteiger partial charge is 0.396 e. The molecule has 0 saturated heterocycles. The molecule has 0 radical (unpaired) electrons. The highest BCUT2D eigenvalue weighted by Gasteiger charge is 2.13. The van der Waals surface area contributed by atoms with Crippen LogP contribution >= 0.6 is 0 Å². The molecule has 2 atom stereocenters. The van der Waals surface area contributed by atoms with Crippen molar-refractivity contribution in [2.75, 3.05) is 6.61 Å². The van der Waals surface area contributed by atoms with Gasteiger partial charge in [0.1, 0.15) is 0 Å². The molecule has 0 aliphatic rings. The minimum Gasteiger partial charge on any atom is -0.396 e. The Kier molecular flexibility index (Phi) is 17.7. The summed E-state index contributed by atoms with van der Waals surface area (Å²) in [5, 5.41) is 13.1. The Morgan fingerprint density at radius 3 is 2.16 bits per heavy atom. The molecule has 0 saturated carbocycles. The number of aliphatic hydroxyl groups is 1. The first-order chi connectivity index (χ1) is 15.3. The second kappa shape index (κ2) is 20.1. The van der Waals surface area contributed by atoms with E-state index in [1.54, 1.807) is 0 Å². The fourth-order valence-corrected chi connectivity index (χ4v) is 3.65. The van der Waals surface area contributed by atoms with Crippen LogP contribution in [-0.4, -0.2) is 23.9 Å². The van der Waals surface area contributed by atoms with Crippen molar-refractivity contribution in [2.45, 2.75) is 109 Å². The summed E-state index contributed by atoms with van der Waals surface area (Å²) in [5.74, 6) is 0. The third-order valence-corrected chi connectivity index (χ3v) is 5.56.